The number of hydrogen-bond donors (Lipinski definition) is 3. The first-order chi connectivity index (χ1) is 11.1. The lowest BCUT2D eigenvalue weighted by atomic mass is 10.2. The van der Waals surface area contributed by atoms with Crippen molar-refractivity contribution in [3.8, 4) is 0 Å². The number of hydrogen-bond acceptors (Lipinski definition) is 4. The second-order valence-electron chi connectivity index (χ2n) is 5.23. The first-order valence-electron chi connectivity index (χ1n) is 7.03. The average Bonchev–Trinajstić information content (AvgIpc) is 3.08. The van der Waals surface area contributed by atoms with Crippen molar-refractivity contribution in [2.24, 2.45) is 7.05 Å². The van der Waals surface area contributed by atoms with Crippen molar-refractivity contribution in [1.29, 1.82) is 0 Å². The van der Waals surface area contributed by atoms with Crippen LogP contribution in [0.3, 0.4) is 0 Å². The van der Waals surface area contributed by atoms with Crippen molar-refractivity contribution >= 4 is 39.9 Å². The lowest BCUT2D eigenvalue weighted by Gasteiger charge is -2.02. The molecule has 23 heavy (non-hydrogen) atoms. The molecule has 0 aliphatic heterocycles. The summed E-state index contributed by atoms with van der Waals surface area (Å²) >= 11 is 0. The highest BCUT2D eigenvalue weighted by atomic mass is 16.4. The number of nitrogens with zero attached hydrogens (tertiary/aromatic N) is 3. The number of carbonyl (C=O) groups is 1. The summed E-state index contributed by atoms with van der Waals surface area (Å²) < 4.78 is 1.86. The summed E-state index contributed by atoms with van der Waals surface area (Å²) in [4.78, 5) is 23.1. The SMILES string of the molecule is Cn1c(Nc2nc3ccccc3[nH]2)nc2cc(C(=O)O)ccc21. The molecule has 0 radical (unpaired) electrons. The molecule has 7 nitrogen and oxygen atoms in total. The highest BCUT2D eigenvalue weighted by Gasteiger charge is 2.12. The van der Waals surface area contributed by atoms with E-state index < -0.39 is 5.97 Å². The van der Waals surface area contributed by atoms with E-state index in [-0.39, 0.29) is 5.56 Å². The van der Waals surface area contributed by atoms with Gasteiger partial charge >= 0.3 is 5.97 Å². The Morgan fingerprint density at radius 2 is 2.00 bits per heavy atom. The standard InChI is InChI=1S/C16H13N5O2/c1-21-13-7-6-9(14(22)23)8-12(13)19-16(21)20-15-17-10-4-2-3-5-11(10)18-15/h2-8H,1H3,(H,22,23)(H2,17,18,19,20). The molecule has 2 heterocycles. The van der Waals surface area contributed by atoms with Gasteiger partial charge in [0, 0.05) is 7.05 Å². The van der Waals surface area contributed by atoms with E-state index in [1.807, 2.05) is 35.9 Å². The predicted octanol–water partition coefficient (Wildman–Crippen LogP) is 2.89. The van der Waals surface area contributed by atoms with Crippen molar-refractivity contribution in [2.45, 2.75) is 0 Å². The summed E-state index contributed by atoms with van der Waals surface area (Å²) in [6, 6.07) is 12.6. The predicted molar refractivity (Wildman–Crippen MR) is 87.0 cm³/mol. The molecule has 114 valence electrons. The smallest absolute Gasteiger partial charge is 0.335 e. The molecular formula is C16H13N5O2. The third kappa shape index (κ3) is 2.18. The van der Waals surface area contributed by atoms with Crippen LogP contribution in [-0.2, 0) is 7.05 Å². The van der Waals surface area contributed by atoms with Gasteiger partial charge in [0.25, 0.3) is 0 Å². The molecule has 0 saturated heterocycles. The van der Waals surface area contributed by atoms with Gasteiger partial charge < -0.3 is 14.7 Å². The maximum Gasteiger partial charge on any atom is 0.335 e. The minimum Gasteiger partial charge on any atom is -0.478 e. The quantitative estimate of drug-likeness (QED) is 0.541. The van der Waals surface area contributed by atoms with Crippen LogP contribution < -0.4 is 5.32 Å². The summed E-state index contributed by atoms with van der Waals surface area (Å²) in [6.07, 6.45) is 0. The van der Waals surface area contributed by atoms with Crippen molar-refractivity contribution in [1.82, 2.24) is 19.5 Å². The fourth-order valence-electron chi connectivity index (χ4n) is 2.56. The van der Waals surface area contributed by atoms with Crippen molar-refractivity contribution in [2.75, 3.05) is 5.32 Å². The van der Waals surface area contributed by atoms with Crippen LogP contribution in [-0.4, -0.2) is 30.6 Å². The Morgan fingerprint density at radius 3 is 2.78 bits per heavy atom. The zero-order chi connectivity index (χ0) is 16.0. The first kappa shape index (κ1) is 13.3. The van der Waals surface area contributed by atoms with Crippen LogP contribution in [0.5, 0.6) is 0 Å². The van der Waals surface area contributed by atoms with E-state index in [2.05, 4.69) is 20.3 Å². The number of anilines is 2. The summed E-state index contributed by atoms with van der Waals surface area (Å²) in [5.74, 6) is 0.203. The number of carboxylic acids is 1. The minimum atomic E-state index is -0.968. The molecule has 0 saturated carbocycles. The number of para-hydroxylation sites is 2. The zero-order valence-corrected chi connectivity index (χ0v) is 12.2. The Labute approximate surface area is 130 Å². The molecule has 4 aromatic rings. The molecule has 0 amide bonds. The topological polar surface area (TPSA) is 95.8 Å². The molecule has 0 bridgehead atoms. The highest BCUT2D eigenvalue weighted by Crippen LogP contribution is 2.22. The van der Waals surface area contributed by atoms with Gasteiger partial charge in [0.2, 0.25) is 11.9 Å². The number of carboxylic acid groups (broad SMARTS) is 1. The molecule has 2 aromatic carbocycles. The van der Waals surface area contributed by atoms with Gasteiger partial charge in [0.1, 0.15) is 0 Å². The van der Waals surface area contributed by atoms with E-state index in [4.69, 9.17) is 5.11 Å². The second kappa shape index (κ2) is 4.84. The van der Waals surface area contributed by atoms with Crippen LogP contribution >= 0.6 is 0 Å². The second-order valence-corrected chi connectivity index (χ2v) is 5.23. The van der Waals surface area contributed by atoms with E-state index >= 15 is 0 Å². The lowest BCUT2D eigenvalue weighted by Crippen LogP contribution is -2.00. The summed E-state index contributed by atoms with van der Waals surface area (Å²) in [5.41, 5.74) is 3.47. The van der Waals surface area contributed by atoms with Gasteiger partial charge in [-0.15, -0.1) is 0 Å². The molecular weight excluding hydrogens is 294 g/mol. The van der Waals surface area contributed by atoms with Gasteiger partial charge in [0.15, 0.2) is 0 Å². The Bertz CT molecular complexity index is 1010. The number of fused-ring (bicyclic) bond motifs is 2. The Balaban J connectivity index is 1.76. The molecule has 0 unspecified atom stereocenters. The van der Waals surface area contributed by atoms with Gasteiger partial charge in [-0.2, -0.15) is 0 Å². The third-order valence-corrected chi connectivity index (χ3v) is 3.75. The van der Waals surface area contributed by atoms with Crippen LogP contribution in [0.2, 0.25) is 0 Å². The molecule has 0 aliphatic carbocycles. The van der Waals surface area contributed by atoms with Gasteiger partial charge in [-0.3, -0.25) is 5.32 Å². The fraction of sp³-hybridized carbons (Fsp3) is 0.0625. The number of imidazole rings is 2. The van der Waals surface area contributed by atoms with Crippen molar-refractivity contribution in [3.63, 3.8) is 0 Å². The van der Waals surface area contributed by atoms with Crippen molar-refractivity contribution < 1.29 is 9.90 Å². The molecule has 7 heteroatoms. The number of rotatable bonds is 3. The Kier molecular flexibility index (Phi) is 2.80. The summed E-state index contributed by atoms with van der Waals surface area (Å²) in [7, 11) is 1.86. The summed E-state index contributed by atoms with van der Waals surface area (Å²) in [5, 5.41) is 12.2. The third-order valence-electron chi connectivity index (χ3n) is 3.75. The molecule has 0 aliphatic rings. The van der Waals surface area contributed by atoms with Gasteiger partial charge in [-0.1, -0.05) is 12.1 Å². The Morgan fingerprint density at radius 1 is 1.17 bits per heavy atom. The van der Waals surface area contributed by atoms with E-state index in [0.29, 0.717) is 17.4 Å². The number of H-pyrrole nitrogens is 1. The van der Waals surface area contributed by atoms with E-state index in [1.165, 1.54) is 0 Å². The maximum absolute atomic E-state index is 11.1. The highest BCUT2D eigenvalue weighted by molar-refractivity contribution is 5.93. The molecule has 2 aromatic heterocycles. The van der Waals surface area contributed by atoms with Crippen LogP contribution in [0.15, 0.2) is 42.5 Å². The molecule has 4 rings (SSSR count). The normalized spacial score (nSPS) is 11.2. The van der Waals surface area contributed by atoms with Gasteiger partial charge in [0.05, 0.1) is 27.6 Å². The van der Waals surface area contributed by atoms with Crippen LogP contribution in [0.25, 0.3) is 22.1 Å². The largest absolute Gasteiger partial charge is 0.478 e. The number of benzene rings is 2. The van der Waals surface area contributed by atoms with E-state index in [9.17, 15) is 4.79 Å². The monoisotopic (exact) mass is 307 g/mol. The number of aryl methyl sites for hydroxylation is 1. The van der Waals surface area contributed by atoms with Crippen LogP contribution in [0.1, 0.15) is 10.4 Å². The lowest BCUT2D eigenvalue weighted by molar-refractivity contribution is 0.0697. The van der Waals surface area contributed by atoms with Crippen molar-refractivity contribution in [3.05, 3.63) is 48.0 Å². The van der Waals surface area contributed by atoms with Gasteiger partial charge in [-0.05, 0) is 30.3 Å². The number of nitrogens with one attached hydrogen (secondary N) is 2. The molecule has 3 N–H and O–H groups in total. The molecule has 0 fully saturated rings. The fourth-order valence-corrected chi connectivity index (χ4v) is 2.56. The summed E-state index contributed by atoms with van der Waals surface area (Å²) in [6.45, 7) is 0. The number of aromatic amines is 1. The van der Waals surface area contributed by atoms with E-state index in [0.717, 1.165) is 16.6 Å². The Hall–Kier alpha value is -3.35. The maximum atomic E-state index is 11.1. The average molecular weight is 307 g/mol. The number of aromatic carboxylic acids is 1. The molecule has 0 atom stereocenters. The zero-order valence-electron chi connectivity index (χ0n) is 12.2. The van der Waals surface area contributed by atoms with E-state index in [1.54, 1.807) is 18.2 Å². The minimum absolute atomic E-state index is 0.214. The van der Waals surface area contributed by atoms with Gasteiger partial charge in [-0.25, -0.2) is 14.8 Å². The first-order valence-corrected chi connectivity index (χ1v) is 7.03. The van der Waals surface area contributed by atoms with Crippen LogP contribution in [0.4, 0.5) is 11.9 Å². The van der Waals surface area contributed by atoms with Crippen LogP contribution in [0, 0.1) is 0 Å². The molecule has 0 spiro atoms. The number of aromatic nitrogens is 4.